The third-order valence-electron chi connectivity index (χ3n) is 5.78. The van der Waals surface area contributed by atoms with E-state index in [0.29, 0.717) is 62.1 Å². The van der Waals surface area contributed by atoms with Gasteiger partial charge in [-0.1, -0.05) is 11.6 Å². The van der Waals surface area contributed by atoms with Gasteiger partial charge in [0.15, 0.2) is 5.78 Å². The van der Waals surface area contributed by atoms with E-state index < -0.39 is 5.60 Å². The lowest BCUT2D eigenvalue weighted by Gasteiger charge is -2.37. The highest BCUT2D eigenvalue weighted by Gasteiger charge is 2.43. The van der Waals surface area contributed by atoms with Crippen molar-refractivity contribution in [2.75, 3.05) is 39.5 Å². The number of amides is 2. The van der Waals surface area contributed by atoms with Crippen molar-refractivity contribution >= 4 is 29.2 Å². The first-order chi connectivity index (χ1) is 14.4. The normalized spacial score (nSPS) is 26.7. The molecule has 3 heterocycles. The molecule has 3 aliphatic heterocycles. The Balaban J connectivity index is 1.35. The van der Waals surface area contributed by atoms with Gasteiger partial charge in [-0.2, -0.15) is 0 Å². The van der Waals surface area contributed by atoms with Crippen LogP contribution < -0.4 is 10.1 Å². The van der Waals surface area contributed by atoms with Crippen molar-refractivity contribution in [3.8, 4) is 5.75 Å². The van der Waals surface area contributed by atoms with Gasteiger partial charge in [0.05, 0.1) is 44.5 Å². The maximum atomic E-state index is 12.7. The molecule has 0 aliphatic carbocycles. The molecule has 30 heavy (non-hydrogen) atoms. The number of hydrogen-bond acceptors (Lipinski definition) is 6. The third kappa shape index (κ3) is 4.77. The van der Waals surface area contributed by atoms with Gasteiger partial charge < -0.3 is 24.4 Å². The van der Waals surface area contributed by atoms with E-state index in [9.17, 15) is 14.4 Å². The average molecular weight is 437 g/mol. The second-order valence-electron chi connectivity index (χ2n) is 7.96. The number of hydrogen-bond donors (Lipinski definition) is 1. The SMILES string of the molecule is O=C(CN1CC[C@@]2(CCC1=O)CC(=O)c1cc(Cl)ccc1O2)NC[C@H]1COCCO1. The second-order valence-corrected chi connectivity index (χ2v) is 8.40. The number of ketones is 1. The molecular weight excluding hydrogens is 412 g/mol. The standard InChI is InChI=1S/C21H25ClN2O6/c22-14-1-2-18-16(9-14)17(25)10-21(30-18)4-3-20(27)24(6-5-21)12-19(26)23-11-15-13-28-7-8-29-15/h1-2,9,15H,3-8,10-13H2,(H,23,26)/t15-,21-/m0/s1. The van der Waals surface area contributed by atoms with Crippen LogP contribution in [0, 0.1) is 0 Å². The van der Waals surface area contributed by atoms with Crippen molar-refractivity contribution in [3.63, 3.8) is 0 Å². The number of fused-ring (bicyclic) bond motifs is 1. The first-order valence-corrected chi connectivity index (χ1v) is 10.6. The average Bonchev–Trinajstić information content (AvgIpc) is 2.88. The maximum absolute atomic E-state index is 12.7. The van der Waals surface area contributed by atoms with E-state index in [2.05, 4.69) is 5.32 Å². The summed E-state index contributed by atoms with van der Waals surface area (Å²) in [6.45, 7) is 2.21. The lowest BCUT2D eigenvalue weighted by atomic mass is 9.84. The summed E-state index contributed by atoms with van der Waals surface area (Å²) in [5, 5.41) is 3.29. The number of rotatable bonds is 4. The van der Waals surface area contributed by atoms with Gasteiger partial charge in [0, 0.05) is 31.0 Å². The van der Waals surface area contributed by atoms with Crippen molar-refractivity contribution in [2.45, 2.75) is 37.4 Å². The molecule has 1 aromatic carbocycles. The van der Waals surface area contributed by atoms with Crippen LogP contribution in [0.3, 0.4) is 0 Å². The third-order valence-corrected chi connectivity index (χ3v) is 6.02. The van der Waals surface area contributed by atoms with E-state index >= 15 is 0 Å². The zero-order valence-corrected chi connectivity index (χ0v) is 17.4. The van der Waals surface area contributed by atoms with Gasteiger partial charge in [0.2, 0.25) is 11.8 Å². The highest BCUT2D eigenvalue weighted by atomic mass is 35.5. The van der Waals surface area contributed by atoms with E-state index in [1.165, 1.54) is 4.90 Å². The second kappa shape index (κ2) is 8.91. The Morgan fingerprint density at radius 1 is 1.27 bits per heavy atom. The molecule has 0 saturated carbocycles. The number of nitrogens with zero attached hydrogens (tertiary/aromatic N) is 1. The minimum atomic E-state index is -0.730. The number of halogens is 1. The summed E-state index contributed by atoms with van der Waals surface area (Å²) >= 11 is 6.00. The minimum absolute atomic E-state index is 0.0252. The largest absolute Gasteiger partial charge is 0.486 e. The van der Waals surface area contributed by atoms with Crippen LogP contribution in [0.1, 0.15) is 36.0 Å². The van der Waals surface area contributed by atoms with Gasteiger partial charge in [-0.3, -0.25) is 14.4 Å². The Kier molecular flexibility index (Phi) is 6.26. The molecule has 2 atom stereocenters. The molecule has 2 fully saturated rings. The minimum Gasteiger partial charge on any atom is -0.486 e. The lowest BCUT2D eigenvalue weighted by Crippen LogP contribution is -2.45. The first-order valence-electron chi connectivity index (χ1n) is 10.2. The summed E-state index contributed by atoms with van der Waals surface area (Å²) < 4.78 is 17.0. The van der Waals surface area contributed by atoms with Crippen LogP contribution in [-0.4, -0.2) is 73.7 Å². The predicted octanol–water partition coefficient (Wildman–Crippen LogP) is 1.59. The van der Waals surface area contributed by atoms with Crippen LogP contribution in [0.2, 0.25) is 5.02 Å². The molecule has 1 spiro atoms. The van der Waals surface area contributed by atoms with Crippen LogP contribution in [-0.2, 0) is 19.1 Å². The summed E-state index contributed by atoms with van der Waals surface area (Å²) in [7, 11) is 0. The van der Waals surface area contributed by atoms with Crippen LogP contribution >= 0.6 is 11.6 Å². The summed E-state index contributed by atoms with van der Waals surface area (Å²) in [6, 6.07) is 5.00. The van der Waals surface area contributed by atoms with Gasteiger partial charge in [0.1, 0.15) is 11.4 Å². The fourth-order valence-electron chi connectivity index (χ4n) is 4.10. The summed E-state index contributed by atoms with van der Waals surface area (Å²) in [4.78, 5) is 39.1. The number of carbonyl (C=O) groups is 3. The molecule has 9 heteroatoms. The van der Waals surface area contributed by atoms with E-state index in [0.717, 1.165) is 0 Å². The molecular formula is C21H25ClN2O6. The molecule has 2 saturated heterocycles. The molecule has 0 bridgehead atoms. The van der Waals surface area contributed by atoms with Crippen molar-refractivity contribution in [2.24, 2.45) is 0 Å². The molecule has 1 aromatic rings. The molecule has 4 rings (SSSR count). The van der Waals surface area contributed by atoms with Gasteiger partial charge in [-0.25, -0.2) is 0 Å². The van der Waals surface area contributed by atoms with Crippen molar-refractivity contribution in [1.82, 2.24) is 10.2 Å². The fraction of sp³-hybridized carbons (Fsp3) is 0.571. The van der Waals surface area contributed by atoms with Gasteiger partial charge >= 0.3 is 0 Å². The van der Waals surface area contributed by atoms with Crippen molar-refractivity contribution in [1.29, 1.82) is 0 Å². The highest BCUT2D eigenvalue weighted by molar-refractivity contribution is 6.31. The number of ether oxygens (including phenoxy) is 3. The van der Waals surface area contributed by atoms with Crippen LogP contribution in [0.15, 0.2) is 18.2 Å². The highest BCUT2D eigenvalue weighted by Crippen LogP contribution is 2.40. The number of nitrogens with one attached hydrogen (secondary N) is 1. The molecule has 0 aromatic heterocycles. The Hall–Kier alpha value is -2.16. The van der Waals surface area contributed by atoms with E-state index in [-0.39, 0.29) is 43.1 Å². The fourth-order valence-corrected chi connectivity index (χ4v) is 4.28. The Morgan fingerprint density at radius 3 is 2.93 bits per heavy atom. The van der Waals surface area contributed by atoms with Crippen molar-refractivity contribution < 1.29 is 28.6 Å². The molecule has 1 N–H and O–H groups in total. The van der Waals surface area contributed by atoms with Crippen LogP contribution in [0.4, 0.5) is 0 Å². The van der Waals surface area contributed by atoms with Crippen LogP contribution in [0.5, 0.6) is 5.75 Å². The van der Waals surface area contributed by atoms with Gasteiger partial charge in [-0.15, -0.1) is 0 Å². The Labute approximate surface area is 179 Å². The smallest absolute Gasteiger partial charge is 0.239 e. The van der Waals surface area contributed by atoms with Crippen molar-refractivity contribution in [3.05, 3.63) is 28.8 Å². The molecule has 162 valence electrons. The zero-order valence-electron chi connectivity index (χ0n) is 16.7. The summed E-state index contributed by atoms with van der Waals surface area (Å²) in [5.74, 6) is 0.113. The van der Waals surface area contributed by atoms with Crippen LogP contribution in [0.25, 0.3) is 0 Å². The monoisotopic (exact) mass is 436 g/mol. The number of Topliss-reactive ketones (excluding diaryl/α,β-unsaturated/α-hetero) is 1. The maximum Gasteiger partial charge on any atom is 0.239 e. The summed E-state index contributed by atoms with van der Waals surface area (Å²) in [6.07, 6.45) is 1.18. The topological polar surface area (TPSA) is 94.2 Å². The summed E-state index contributed by atoms with van der Waals surface area (Å²) in [5.41, 5.74) is -0.250. The molecule has 8 nitrogen and oxygen atoms in total. The van der Waals surface area contributed by atoms with E-state index in [1.54, 1.807) is 18.2 Å². The zero-order chi connectivity index (χ0) is 21.1. The predicted molar refractivity (Wildman–Crippen MR) is 108 cm³/mol. The van der Waals surface area contributed by atoms with E-state index in [4.69, 9.17) is 25.8 Å². The lowest BCUT2D eigenvalue weighted by molar-refractivity contribution is -0.136. The quantitative estimate of drug-likeness (QED) is 0.770. The molecule has 0 radical (unpaired) electrons. The van der Waals surface area contributed by atoms with E-state index in [1.807, 2.05) is 0 Å². The molecule has 0 unspecified atom stereocenters. The first kappa shape index (κ1) is 21.1. The molecule has 2 amide bonds. The number of carbonyl (C=O) groups excluding carboxylic acids is 3. The number of benzene rings is 1. The Morgan fingerprint density at radius 2 is 2.13 bits per heavy atom. The molecule has 3 aliphatic rings. The van der Waals surface area contributed by atoms with Gasteiger partial charge in [0.25, 0.3) is 0 Å². The van der Waals surface area contributed by atoms with Gasteiger partial charge in [-0.05, 0) is 24.6 Å². The number of likely N-dealkylation sites (tertiary alicyclic amines) is 1. The Bertz CT molecular complexity index is 841.